The van der Waals surface area contributed by atoms with Crippen molar-refractivity contribution >= 4 is 5.84 Å². The van der Waals surface area contributed by atoms with Gasteiger partial charge in [-0.15, -0.1) is 0 Å². The van der Waals surface area contributed by atoms with E-state index in [0.29, 0.717) is 0 Å². The number of nitrogens with two attached hydrogens (primary N) is 1. The molecule has 3 N–H and O–H groups in total. The minimum atomic E-state index is -4.45. The molecule has 0 saturated carbocycles. The third-order valence-corrected chi connectivity index (χ3v) is 1.90. The summed E-state index contributed by atoms with van der Waals surface area (Å²) in [4.78, 5) is 0. The molecule has 0 aliphatic carbocycles. The summed E-state index contributed by atoms with van der Waals surface area (Å²) < 4.78 is 38.3. The van der Waals surface area contributed by atoms with E-state index in [1.54, 1.807) is 0 Å². The second kappa shape index (κ2) is 4.42. The highest BCUT2D eigenvalue weighted by Gasteiger charge is 2.35. The summed E-state index contributed by atoms with van der Waals surface area (Å²) in [5.74, 6) is -0.138. The fraction of sp³-hybridized carbons (Fsp3) is 0.500. The molecular formula is C8H11F3N4O. The molecule has 1 rings (SSSR count). The second-order valence-electron chi connectivity index (χ2n) is 3.23. The first-order chi connectivity index (χ1) is 7.34. The maximum absolute atomic E-state index is 12.5. The van der Waals surface area contributed by atoms with Gasteiger partial charge in [-0.25, -0.2) is 0 Å². The van der Waals surface area contributed by atoms with Gasteiger partial charge in [0, 0.05) is 13.0 Å². The molecule has 0 bridgehead atoms. The first kappa shape index (κ1) is 12.3. The Kier molecular flexibility index (Phi) is 3.41. The van der Waals surface area contributed by atoms with Gasteiger partial charge in [-0.3, -0.25) is 4.68 Å². The van der Waals surface area contributed by atoms with Crippen molar-refractivity contribution in [1.29, 1.82) is 0 Å². The van der Waals surface area contributed by atoms with Crippen LogP contribution in [-0.2, 0) is 12.7 Å². The van der Waals surface area contributed by atoms with Crippen LogP contribution in [0.25, 0.3) is 0 Å². The van der Waals surface area contributed by atoms with Crippen LogP contribution in [0.3, 0.4) is 0 Å². The maximum Gasteiger partial charge on any atom is 0.433 e. The van der Waals surface area contributed by atoms with Gasteiger partial charge in [0.25, 0.3) is 0 Å². The van der Waals surface area contributed by atoms with Gasteiger partial charge in [0.15, 0.2) is 0 Å². The Balaban J connectivity index is 2.88. The minimum Gasteiger partial charge on any atom is -0.409 e. The van der Waals surface area contributed by atoms with Gasteiger partial charge < -0.3 is 10.9 Å². The number of hydrogen-bond acceptors (Lipinski definition) is 3. The third kappa shape index (κ3) is 2.88. The van der Waals surface area contributed by atoms with E-state index in [9.17, 15) is 13.2 Å². The van der Waals surface area contributed by atoms with E-state index < -0.39 is 11.9 Å². The number of alkyl halides is 3. The molecule has 1 heterocycles. The summed E-state index contributed by atoms with van der Waals surface area (Å²) in [7, 11) is 0. The molecule has 0 unspecified atom stereocenters. The third-order valence-electron chi connectivity index (χ3n) is 1.90. The van der Waals surface area contributed by atoms with Crippen LogP contribution >= 0.6 is 0 Å². The molecule has 0 amide bonds. The molecule has 0 atom stereocenters. The SMILES string of the molecule is Cc1cc(C(F)(F)F)n(CC/C(N)=N\O)n1. The molecule has 0 fully saturated rings. The van der Waals surface area contributed by atoms with Crippen LogP contribution in [0.15, 0.2) is 11.2 Å². The fourth-order valence-corrected chi connectivity index (χ4v) is 1.21. The summed E-state index contributed by atoms with van der Waals surface area (Å²) in [5, 5.41) is 14.6. The van der Waals surface area contributed by atoms with Gasteiger partial charge in [-0.05, 0) is 13.0 Å². The van der Waals surface area contributed by atoms with Crippen LogP contribution in [0.2, 0.25) is 0 Å². The lowest BCUT2D eigenvalue weighted by atomic mass is 10.3. The number of hydrogen-bond donors (Lipinski definition) is 2. The quantitative estimate of drug-likeness (QED) is 0.360. The van der Waals surface area contributed by atoms with Crippen molar-refractivity contribution in [3.05, 3.63) is 17.5 Å². The lowest BCUT2D eigenvalue weighted by Gasteiger charge is -2.09. The zero-order valence-corrected chi connectivity index (χ0v) is 8.49. The maximum atomic E-state index is 12.5. The first-order valence-corrected chi connectivity index (χ1v) is 4.42. The zero-order valence-electron chi connectivity index (χ0n) is 8.49. The van der Waals surface area contributed by atoms with Crippen LogP contribution in [0.5, 0.6) is 0 Å². The lowest BCUT2D eigenvalue weighted by molar-refractivity contribution is -0.144. The van der Waals surface area contributed by atoms with E-state index in [1.165, 1.54) is 6.92 Å². The average molecular weight is 236 g/mol. The van der Waals surface area contributed by atoms with Crippen LogP contribution in [0.1, 0.15) is 17.8 Å². The lowest BCUT2D eigenvalue weighted by Crippen LogP contribution is -2.19. The summed E-state index contributed by atoms with van der Waals surface area (Å²) in [5.41, 5.74) is 4.60. The van der Waals surface area contributed by atoms with Crippen LogP contribution in [0.4, 0.5) is 13.2 Å². The molecule has 1 aromatic heterocycles. The largest absolute Gasteiger partial charge is 0.433 e. The van der Waals surface area contributed by atoms with E-state index in [2.05, 4.69) is 10.3 Å². The Hall–Kier alpha value is -1.73. The van der Waals surface area contributed by atoms with Gasteiger partial charge >= 0.3 is 6.18 Å². The average Bonchev–Trinajstić information content (AvgIpc) is 2.55. The number of halogens is 3. The Bertz CT molecular complexity index is 396. The molecule has 0 spiro atoms. The highest BCUT2D eigenvalue weighted by Crippen LogP contribution is 2.29. The molecule has 0 saturated heterocycles. The molecule has 0 aromatic carbocycles. The van der Waals surface area contributed by atoms with Crippen molar-refractivity contribution in [3.63, 3.8) is 0 Å². The van der Waals surface area contributed by atoms with Crippen molar-refractivity contribution in [2.45, 2.75) is 26.1 Å². The topological polar surface area (TPSA) is 76.4 Å². The van der Waals surface area contributed by atoms with Gasteiger partial charge in [0.2, 0.25) is 0 Å². The van der Waals surface area contributed by atoms with Gasteiger partial charge in [-0.2, -0.15) is 18.3 Å². The summed E-state index contributed by atoms with van der Waals surface area (Å²) in [6, 6.07) is 0.951. The highest BCUT2D eigenvalue weighted by atomic mass is 19.4. The highest BCUT2D eigenvalue weighted by molar-refractivity contribution is 5.79. The van der Waals surface area contributed by atoms with Crippen molar-refractivity contribution in [1.82, 2.24) is 9.78 Å². The number of aryl methyl sites for hydroxylation is 2. The molecule has 0 aliphatic heterocycles. The van der Waals surface area contributed by atoms with E-state index in [0.717, 1.165) is 10.7 Å². The van der Waals surface area contributed by atoms with Crippen molar-refractivity contribution in [3.8, 4) is 0 Å². The van der Waals surface area contributed by atoms with Crippen LogP contribution in [-0.4, -0.2) is 20.8 Å². The van der Waals surface area contributed by atoms with Gasteiger partial charge in [-0.1, -0.05) is 5.16 Å². The van der Waals surface area contributed by atoms with Crippen molar-refractivity contribution in [2.75, 3.05) is 0 Å². The number of aromatic nitrogens is 2. The van der Waals surface area contributed by atoms with E-state index in [4.69, 9.17) is 10.9 Å². The molecule has 16 heavy (non-hydrogen) atoms. The molecule has 0 aliphatic rings. The molecule has 5 nitrogen and oxygen atoms in total. The Morgan fingerprint density at radius 1 is 1.62 bits per heavy atom. The fourth-order valence-electron chi connectivity index (χ4n) is 1.21. The second-order valence-corrected chi connectivity index (χ2v) is 3.23. The van der Waals surface area contributed by atoms with Crippen LogP contribution < -0.4 is 5.73 Å². The number of nitrogens with zero attached hydrogens (tertiary/aromatic N) is 3. The molecule has 1 aromatic rings. The number of rotatable bonds is 3. The molecule has 90 valence electrons. The Labute approximate surface area is 89.3 Å². The molecular weight excluding hydrogens is 225 g/mol. The van der Waals surface area contributed by atoms with E-state index in [-0.39, 0.29) is 24.5 Å². The number of amidine groups is 1. The standard InChI is InChI=1S/C8H11F3N4O/c1-5-4-6(8(9,10)11)15(13-5)3-2-7(12)14-16/h4,16H,2-3H2,1H3,(H2,12,14). The monoisotopic (exact) mass is 236 g/mol. The molecule has 0 radical (unpaired) electrons. The first-order valence-electron chi connectivity index (χ1n) is 4.42. The van der Waals surface area contributed by atoms with Gasteiger partial charge in [0.05, 0.1) is 5.69 Å². The van der Waals surface area contributed by atoms with Gasteiger partial charge in [0.1, 0.15) is 11.5 Å². The van der Waals surface area contributed by atoms with Crippen molar-refractivity contribution in [2.24, 2.45) is 10.9 Å². The Morgan fingerprint density at radius 3 is 2.75 bits per heavy atom. The van der Waals surface area contributed by atoms with Crippen molar-refractivity contribution < 1.29 is 18.4 Å². The number of oxime groups is 1. The summed E-state index contributed by atoms with van der Waals surface area (Å²) in [6.45, 7) is 1.38. The summed E-state index contributed by atoms with van der Waals surface area (Å²) in [6.07, 6.45) is -4.45. The molecule has 8 heteroatoms. The normalized spacial score (nSPS) is 13.1. The minimum absolute atomic E-state index is 0.000694. The predicted octanol–water partition coefficient (Wildman–Crippen LogP) is 1.35. The zero-order chi connectivity index (χ0) is 12.3. The van der Waals surface area contributed by atoms with E-state index >= 15 is 0 Å². The Morgan fingerprint density at radius 2 is 2.25 bits per heavy atom. The van der Waals surface area contributed by atoms with E-state index in [1.807, 2.05) is 0 Å². The smallest absolute Gasteiger partial charge is 0.409 e. The van der Waals surface area contributed by atoms with Crippen LogP contribution in [0, 0.1) is 6.92 Å². The summed E-state index contributed by atoms with van der Waals surface area (Å²) >= 11 is 0. The predicted molar refractivity (Wildman–Crippen MR) is 50.0 cm³/mol.